The third kappa shape index (κ3) is 5.20. The maximum Gasteiger partial charge on any atom is 0.416 e. The maximum absolute atomic E-state index is 13.0. The van der Waals surface area contributed by atoms with E-state index in [1.165, 1.54) is 17.8 Å². The van der Waals surface area contributed by atoms with Crippen LogP contribution in [0.3, 0.4) is 0 Å². The highest BCUT2D eigenvalue weighted by Gasteiger charge is 2.30. The van der Waals surface area contributed by atoms with Gasteiger partial charge in [0.2, 0.25) is 0 Å². The minimum atomic E-state index is -4.44. The highest BCUT2D eigenvalue weighted by molar-refractivity contribution is 7.98. The summed E-state index contributed by atoms with van der Waals surface area (Å²) in [6.07, 6.45) is -4.44. The number of alkyl halides is 3. The van der Waals surface area contributed by atoms with Gasteiger partial charge in [-0.1, -0.05) is 29.4 Å². The second kappa shape index (κ2) is 9.17. The highest BCUT2D eigenvalue weighted by atomic mass is 32.2. The van der Waals surface area contributed by atoms with Gasteiger partial charge in [-0.25, -0.2) is 4.98 Å². The predicted molar refractivity (Wildman–Crippen MR) is 118 cm³/mol. The number of aryl methyl sites for hydroxylation is 1. The molecule has 0 saturated heterocycles. The van der Waals surface area contributed by atoms with Gasteiger partial charge in [0.05, 0.1) is 28.3 Å². The fourth-order valence-corrected chi connectivity index (χ4v) is 4.54. The van der Waals surface area contributed by atoms with Crippen LogP contribution in [0.4, 0.5) is 18.3 Å². The van der Waals surface area contributed by atoms with Crippen LogP contribution in [0.2, 0.25) is 0 Å². The average molecular weight is 476 g/mol. The van der Waals surface area contributed by atoms with Crippen molar-refractivity contribution in [1.82, 2.24) is 10.1 Å². The van der Waals surface area contributed by atoms with Gasteiger partial charge in [-0.15, -0.1) is 23.1 Å². The first-order valence-electron chi connectivity index (χ1n) is 9.38. The Kier molecular flexibility index (Phi) is 6.33. The Hall–Kier alpha value is -3.11. The molecule has 32 heavy (non-hydrogen) atoms. The van der Waals surface area contributed by atoms with Gasteiger partial charge in [-0.05, 0) is 31.2 Å². The molecule has 0 saturated carbocycles. The van der Waals surface area contributed by atoms with Crippen molar-refractivity contribution in [2.24, 2.45) is 0 Å². The number of carbonyl (C=O) groups is 1. The largest absolute Gasteiger partial charge is 0.416 e. The third-order valence-corrected chi connectivity index (χ3v) is 6.24. The van der Waals surface area contributed by atoms with E-state index in [4.69, 9.17) is 4.52 Å². The van der Waals surface area contributed by atoms with Crippen LogP contribution in [-0.4, -0.2) is 16.0 Å². The Morgan fingerprint density at radius 2 is 1.97 bits per heavy atom. The van der Waals surface area contributed by atoms with Gasteiger partial charge in [0.25, 0.3) is 5.91 Å². The van der Waals surface area contributed by atoms with E-state index in [0.29, 0.717) is 33.5 Å². The molecule has 0 aliphatic heterocycles. The van der Waals surface area contributed by atoms with E-state index in [9.17, 15) is 18.0 Å². The molecular formula is C22H16F3N3O2S2. The Labute approximate surface area is 189 Å². The minimum absolute atomic E-state index is 0.299. The predicted octanol–water partition coefficient (Wildman–Crippen LogP) is 6.67. The number of amides is 1. The number of thiazole rings is 1. The molecule has 0 fully saturated rings. The Bertz CT molecular complexity index is 1250. The number of nitrogens with zero attached hydrogens (tertiary/aromatic N) is 2. The lowest BCUT2D eigenvalue weighted by molar-refractivity contribution is -0.137. The molecular weight excluding hydrogens is 459 g/mol. The van der Waals surface area contributed by atoms with Gasteiger partial charge in [-0.3, -0.25) is 10.1 Å². The number of rotatable bonds is 6. The highest BCUT2D eigenvalue weighted by Crippen LogP contribution is 2.33. The van der Waals surface area contributed by atoms with Crippen LogP contribution in [0.25, 0.3) is 11.3 Å². The van der Waals surface area contributed by atoms with Crippen molar-refractivity contribution in [3.05, 3.63) is 82.6 Å². The summed E-state index contributed by atoms with van der Waals surface area (Å²) in [6, 6.07) is 13.9. The lowest BCUT2D eigenvalue weighted by atomic mass is 10.1. The molecule has 0 spiro atoms. The van der Waals surface area contributed by atoms with Crippen LogP contribution in [0.15, 0.2) is 69.4 Å². The summed E-state index contributed by atoms with van der Waals surface area (Å²) in [5, 5.41) is 8.49. The summed E-state index contributed by atoms with van der Waals surface area (Å²) < 4.78 is 44.1. The van der Waals surface area contributed by atoms with Crippen LogP contribution in [-0.2, 0) is 11.9 Å². The quantitative estimate of drug-likeness (QED) is 0.316. The molecule has 0 unspecified atom stereocenters. The maximum atomic E-state index is 13.0. The summed E-state index contributed by atoms with van der Waals surface area (Å²) in [7, 11) is 0. The van der Waals surface area contributed by atoms with Crippen molar-refractivity contribution in [3.8, 4) is 11.3 Å². The number of carbonyl (C=O) groups excluding carboxylic acids is 1. The monoisotopic (exact) mass is 475 g/mol. The Morgan fingerprint density at radius 1 is 1.16 bits per heavy atom. The van der Waals surface area contributed by atoms with Gasteiger partial charge < -0.3 is 4.52 Å². The van der Waals surface area contributed by atoms with Crippen LogP contribution in [0.5, 0.6) is 0 Å². The van der Waals surface area contributed by atoms with Crippen molar-refractivity contribution in [3.63, 3.8) is 0 Å². The molecule has 10 heteroatoms. The van der Waals surface area contributed by atoms with Crippen LogP contribution in [0, 0.1) is 6.92 Å². The normalized spacial score (nSPS) is 11.5. The van der Waals surface area contributed by atoms with Gasteiger partial charge >= 0.3 is 6.18 Å². The molecule has 0 bridgehead atoms. The summed E-state index contributed by atoms with van der Waals surface area (Å²) in [5.74, 6) is 0.863. The van der Waals surface area contributed by atoms with E-state index in [1.54, 1.807) is 23.6 Å². The minimum Gasteiger partial charge on any atom is -0.360 e. The van der Waals surface area contributed by atoms with E-state index in [0.717, 1.165) is 34.1 Å². The van der Waals surface area contributed by atoms with Crippen LogP contribution < -0.4 is 5.32 Å². The number of anilines is 1. The molecule has 0 aliphatic rings. The smallest absolute Gasteiger partial charge is 0.360 e. The molecule has 2 aromatic heterocycles. The number of benzene rings is 2. The molecule has 2 heterocycles. The molecule has 164 valence electrons. The van der Waals surface area contributed by atoms with Crippen LogP contribution >= 0.6 is 23.1 Å². The lowest BCUT2D eigenvalue weighted by Crippen LogP contribution is -2.12. The second-order valence-corrected chi connectivity index (χ2v) is 8.67. The van der Waals surface area contributed by atoms with E-state index in [1.807, 2.05) is 25.1 Å². The van der Waals surface area contributed by atoms with E-state index < -0.39 is 11.7 Å². The Morgan fingerprint density at radius 3 is 2.72 bits per heavy atom. The van der Waals surface area contributed by atoms with E-state index in [-0.39, 0.29) is 5.91 Å². The Balaban J connectivity index is 1.48. The van der Waals surface area contributed by atoms with Crippen molar-refractivity contribution >= 4 is 34.1 Å². The molecule has 0 radical (unpaired) electrons. The van der Waals surface area contributed by atoms with E-state index in [2.05, 4.69) is 15.5 Å². The number of aromatic nitrogens is 2. The number of hydrogen-bond donors (Lipinski definition) is 1. The molecule has 1 N–H and O–H groups in total. The summed E-state index contributed by atoms with van der Waals surface area (Å²) in [4.78, 5) is 17.9. The molecule has 4 rings (SSSR count). The van der Waals surface area contributed by atoms with Gasteiger partial charge in [0.15, 0.2) is 5.13 Å². The lowest BCUT2D eigenvalue weighted by Gasteiger charge is -2.08. The first-order valence-corrected chi connectivity index (χ1v) is 11.2. The summed E-state index contributed by atoms with van der Waals surface area (Å²) in [5.41, 5.74) is 1.19. The first kappa shape index (κ1) is 22.1. The molecule has 4 aromatic rings. The molecule has 0 aliphatic carbocycles. The van der Waals surface area contributed by atoms with Crippen molar-refractivity contribution in [2.75, 3.05) is 5.32 Å². The fourth-order valence-electron chi connectivity index (χ4n) is 2.90. The van der Waals surface area contributed by atoms with E-state index >= 15 is 0 Å². The summed E-state index contributed by atoms with van der Waals surface area (Å²) in [6.45, 7) is 1.83. The fraction of sp³-hybridized carbons (Fsp3) is 0.136. The number of thioether (sulfide) groups is 1. The van der Waals surface area contributed by atoms with Gasteiger partial charge in [-0.2, -0.15) is 13.2 Å². The summed E-state index contributed by atoms with van der Waals surface area (Å²) >= 11 is 2.59. The zero-order chi connectivity index (χ0) is 22.7. The zero-order valence-corrected chi connectivity index (χ0v) is 18.3. The van der Waals surface area contributed by atoms with Crippen molar-refractivity contribution < 1.29 is 22.5 Å². The molecule has 0 atom stereocenters. The topological polar surface area (TPSA) is 68.0 Å². The second-order valence-electron chi connectivity index (χ2n) is 6.79. The van der Waals surface area contributed by atoms with Gasteiger partial charge in [0, 0.05) is 21.9 Å². The number of nitrogens with one attached hydrogen (secondary N) is 1. The zero-order valence-electron chi connectivity index (χ0n) is 16.6. The average Bonchev–Trinajstić information content (AvgIpc) is 3.41. The number of hydrogen-bond acceptors (Lipinski definition) is 6. The number of halogens is 3. The first-order chi connectivity index (χ1) is 15.3. The van der Waals surface area contributed by atoms with Crippen molar-refractivity contribution in [2.45, 2.75) is 23.7 Å². The SMILES string of the molecule is Cc1cc(CSc2ccccc2C(=O)Nc2nc(-c3cccc(C(F)(F)F)c3)cs2)on1. The third-order valence-electron chi connectivity index (χ3n) is 4.39. The van der Waals surface area contributed by atoms with Crippen LogP contribution in [0.1, 0.15) is 27.4 Å². The molecule has 2 aromatic carbocycles. The molecule has 5 nitrogen and oxygen atoms in total. The molecule has 1 amide bonds. The van der Waals surface area contributed by atoms with Gasteiger partial charge in [0.1, 0.15) is 5.76 Å². The van der Waals surface area contributed by atoms with Crippen molar-refractivity contribution in [1.29, 1.82) is 0 Å². The standard InChI is InChI=1S/C22H16F3N3O2S2/c1-13-9-16(30-28-13)11-31-19-8-3-2-7-17(19)20(29)27-21-26-18(12-32-21)14-5-4-6-15(10-14)22(23,24)25/h2-10,12H,11H2,1H3,(H,26,27,29).